The first-order valence-electron chi connectivity index (χ1n) is 7.86. The lowest BCUT2D eigenvalue weighted by Gasteiger charge is -2.14. The summed E-state index contributed by atoms with van der Waals surface area (Å²) < 4.78 is 15.2. The van der Waals surface area contributed by atoms with Gasteiger partial charge in [0.2, 0.25) is 0 Å². The second kappa shape index (κ2) is 10.4. The predicted octanol–water partition coefficient (Wildman–Crippen LogP) is 1.57. The van der Waals surface area contributed by atoms with Gasteiger partial charge in [-0.25, -0.2) is 4.99 Å². The lowest BCUT2D eigenvalue weighted by Crippen LogP contribution is -2.40. The van der Waals surface area contributed by atoms with E-state index in [1.165, 1.54) is 7.11 Å². The first-order chi connectivity index (χ1) is 11.5. The molecule has 0 saturated carbocycles. The number of benzene rings is 1. The number of esters is 1. The van der Waals surface area contributed by atoms with E-state index in [1.807, 2.05) is 25.1 Å². The zero-order valence-electron chi connectivity index (χ0n) is 15.0. The molecule has 0 fully saturated rings. The van der Waals surface area contributed by atoms with E-state index in [9.17, 15) is 4.79 Å². The van der Waals surface area contributed by atoms with E-state index < -0.39 is 0 Å². The quantitative estimate of drug-likeness (QED) is 0.426. The largest absolute Gasteiger partial charge is 0.493 e. The summed E-state index contributed by atoms with van der Waals surface area (Å²) in [4.78, 5) is 16.0. The summed E-state index contributed by atoms with van der Waals surface area (Å²) in [6.45, 7) is 5.44. The Hall–Kier alpha value is -2.44. The highest BCUT2D eigenvalue weighted by Crippen LogP contribution is 2.27. The molecule has 1 aromatic rings. The highest BCUT2D eigenvalue weighted by atomic mass is 16.5. The summed E-state index contributed by atoms with van der Waals surface area (Å²) in [5, 5.41) is 6.29. The van der Waals surface area contributed by atoms with Crippen molar-refractivity contribution in [3.63, 3.8) is 0 Å². The molecule has 2 N–H and O–H groups in total. The molecule has 0 heterocycles. The number of nitrogens with one attached hydrogen (secondary N) is 2. The van der Waals surface area contributed by atoms with Crippen LogP contribution < -0.4 is 20.1 Å². The second-order valence-corrected chi connectivity index (χ2v) is 5.19. The zero-order chi connectivity index (χ0) is 17.9. The van der Waals surface area contributed by atoms with Crippen LogP contribution in [-0.4, -0.2) is 46.3 Å². The number of guanidine groups is 1. The summed E-state index contributed by atoms with van der Waals surface area (Å²) >= 11 is 0. The Balaban J connectivity index is 2.73. The van der Waals surface area contributed by atoms with Crippen molar-refractivity contribution in [1.82, 2.24) is 10.6 Å². The number of hydrogen-bond acceptors (Lipinski definition) is 5. The van der Waals surface area contributed by atoms with Crippen LogP contribution in [0.5, 0.6) is 11.5 Å². The van der Waals surface area contributed by atoms with Gasteiger partial charge < -0.3 is 24.8 Å². The lowest BCUT2D eigenvalue weighted by atomic mass is 10.2. The molecule has 0 amide bonds. The second-order valence-electron chi connectivity index (χ2n) is 5.19. The standard InChI is InChI=1S/C17H27N3O4/c1-6-18-17(19-10-12(2)16(21)24-5)20-11-13-7-8-14(22-3)15(9-13)23-4/h7-9,12H,6,10-11H2,1-5H3,(H2,18,19,20). The Labute approximate surface area is 143 Å². The van der Waals surface area contributed by atoms with E-state index in [0.717, 1.165) is 12.1 Å². The van der Waals surface area contributed by atoms with Gasteiger partial charge in [0, 0.05) is 13.1 Å². The van der Waals surface area contributed by atoms with E-state index in [1.54, 1.807) is 21.1 Å². The maximum atomic E-state index is 11.4. The molecule has 24 heavy (non-hydrogen) atoms. The Bertz CT molecular complexity index is 561. The molecule has 0 saturated heterocycles. The number of ether oxygens (including phenoxy) is 3. The van der Waals surface area contributed by atoms with Crippen molar-refractivity contribution < 1.29 is 19.0 Å². The molecule has 1 unspecified atom stereocenters. The molecule has 1 aromatic carbocycles. The third-order valence-electron chi connectivity index (χ3n) is 3.39. The number of rotatable bonds is 8. The fourth-order valence-corrected chi connectivity index (χ4v) is 2.03. The molecule has 1 atom stereocenters. The zero-order valence-corrected chi connectivity index (χ0v) is 15.0. The first kappa shape index (κ1) is 19.6. The van der Waals surface area contributed by atoms with Crippen LogP contribution in [0, 0.1) is 5.92 Å². The smallest absolute Gasteiger partial charge is 0.310 e. The van der Waals surface area contributed by atoms with Crippen molar-refractivity contribution in [1.29, 1.82) is 0 Å². The maximum Gasteiger partial charge on any atom is 0.310 e. The van der Waals surface area contributed by atoms with Gasteiger partial charge in [-0.05, 0) is 24.6 Å². The number of aliphatic imine (C=N–C) groups is 1. The molecule has 0 spiro atoms. The van der Waals surface area contributed by atoms with Crippen LogP contribution in [0.15, 0.2) is 23.2 Å². The van der Waals surface area contributed by atoms with Crippen LogP contribution in [0.1, 0.15) is 19.4 Å². The van der Waals surface area contributed by atoms with Gasteiger partial charge in [-0.1, -0.05) is 13.0 Å². The Morgan fingerprint density at radius 2 is 1.88 bits per heavy atom. The normalized spacial score (nSPS) is 12.3. The van der Waals surface area contributed by atoms with Gasteiger partial charge in [-0.15, -0.1) is 0 Å². The van der Waals surface area contributed by atoms with E-state index in [4.69, 9.17) is 14.2 Å². The fraction of sp³-hybridized carbons (Fsp3) is 0.529. The predicted molar refractivity (Wildman–Crippen MR) is 93.5 cm³/mol. The van der Waals surface area contributed by atoms with Crippen molar-refractivity contribution in [2.75, 3.05) is 34.4 Å². The number of hydrogen-bond donors (Lipinski definition) is 2. The highest BCUT2D eigenvalue weighted by molar-refractivity contribution is 5.80. The minimum Gasteiger partial charge on any atom is -0.493 e. The van der Waals surface area contributed by atoms with Crippen molar-refractivity contribution in [3.8, 4) is 11.5 Å². The third-order valence-corrected chi connectivity index (χ3v) is 3.39. The van der Waals surface area contributed by atoms with Crippen LogP contribution in [0.2, 0.25) is 0 Å². The van der Waals surface area contributed by atoms with Crippen LogP contribution >= 0.6 is 0 Å². The van der Waals surface area contributed by atoms with Crippen LogP contribution in [0.25, 0.3) is 0 Å². The summed E-state index contributed by atoms with van der Waals surface area (Å²) in [6.07, 6.45) is 0. The monoisotopic (exact) mass is 337 g/mol. The molecular weight excluding hydrogens is 310 g/mol. The summed E-state index contributed by atoms with van der Waals surface area (Å²) in [5.74, 6) is 1.49. The average Bonchev–Trinajstić information content (AvgIpc) is 2.62. The molecule has 0 radical (unpaired) electrons. The molecular formula is C17H27N3O4. The molecule has 0 aliphatic rings. The number of nitrogens with zero attached hydrogens (tertiary/aromatic N) is 1. The summed E-state index contributed by atoms with van der Waals surface area (Å²) in [6, 6.07) is 5.68. The van der Waals surface area contributed by atoms with E-state index >= 15 is 0 Å². The van der Waals surface area contributed by atoms with E-state index in [-0.39, 0.29) is 11.9 Å². The Morgan fingerprint density at radius 1 is 1.17 bits per heavy atom. The van der Waals surface area contributed by atoms with E-state index in [0.29, 0.717) is 30.5 Å². The minimum absolute atomic E-state index is 0.250. The van der Waals surface area contributed by atoms with Crippen LogP contribution in [0.3, 0.4) is 0 Å². The minimum atomic E-state index is -0.252. The molecule has 7 heteroatoms. The summed E-state index contributed by atoms with van der Waals surface area (Å²) in [5.41, 5.74) is 0.992. The fourth-order valence-electron chi connectivity index (χ4n) is 2.03. The lowest BCUT2D eigenvalue weighted by molar-refractivity contribution is -0.144. The van der Waals surface area contributed by atoms with E-state index in [2.05, 4.69) is 15.6 Å². The van der Waals surface area contributed by atoms with Gasteiger partial charge in [-0.2, -0.15) is 0 Å². The number of carbonyl (C=O) groups is 1. The van der Waals surface area contributed by atoms with Crippen LogP contribution in [0.4, 0.5) is 0 Å². The molecule has 7 nitrogen and oxygen atoms in total. The first-order valence-corrected chi connectivity index (χ1v) is 7.86. The van der Waals surface area contributed by atoms with Gasteiger partial charge in [0.15, 0.2) is 17.5 Å². The average molecular weight is 337 g/mol. The van der Waals surface area contributed by atoms with Gasteiger partial charge in [-0.3, -0.25) is 4.79 Å². The SMILES string of the molecule is CCNC(=NCc1ccc(OC)c(OC)c1)NCC(C)C(=O)OC. The van der Waals surface area contributed by atoms with Crippen molar-refractivity contribution >= 4 is 11.9 Å². The Kier molecular flexibility index (Phi) is 8.46. The number of methoxy groups -OCH3 is 3. The molecule has 0 aromatic heterocycles. The van der Waals surface area contributed by atoms with Gasteiger partial charge >= 0.3 is 5.97 Å². The topological polar surface area (TPSA) is 81.2 Å². The molecule has 0 bridgehead atoms. The van der Waals surface area contributed by atoms with Crippen LogP contribution in [-0.2, 0) is 16.1 Å². The highest BCUT2D eigenvalue weighted by Gasteiger charge is 2.13. The van der Waals surface area contributed by atoms with Crippen molar-refractivity contribution in [2.24, 2.45) is 10.9 Å². The molecule has 134 valence electrons. The van der Waals surface area contributed by atoms with Gasteiger partial charge in [0.25, 0.3) is 0 Å². The summed E-state index contributed by atoms with van der Waals surface area (Å²) in [7, 11) is 4.59. The molecule has 0 aliphatic heterocycles. The number of carbonyl (C=O) groups excluding carboxylic acids is 1. The maximum absolute atomic E-state index is 11.4. The van der Waals surface area contributed by atoms with Gasteiger partial charge in [0.1, 0.15) is 0 Å². The third kappa shape index (κ3) is 5.98. The van der Waals surface area contributed by atoms with Crippen molar-refractivity contribution in [2.45, 2.75) is 20.4 Å². The molecule has 1 rings (SSSR count). The Morgan fingerprint density at radius 3 is 2.46 bits per heavy atom. The van der Waals surface area contributed by atoms with Gasteiger partial charge in [0.05, 0.1) is 33.8 Å². The molecule has 0 aliphatic carbocycles. The van der Waals surface area contributed by atoms with Crippen molar-refractivity contribution in [3.05, 3.63) is 23.8 Å².